The van der Waals surface area contributed by atoms with E-state index in [-0.39, 0.29) is 17.8 Å². The molecule has 1 aromatic heterocycles. The molecule has 0 radical (unpaired) electrons. The van der Waals surface area contributed by atoms with Gasteiger partial charge < -0.3 is 9.64 Å². The first-order chi connectivity index (χ1) is 14.6. The maximum absolute atomic E-state index is 13.2. The van der Waals surface area contributed by atoms with E-state index in [1.54, 1.807) is 12.1 Å². The number of carbonyl (C=O) groups is 1. The Morgan fingerprint density at radius 3 is 2.63 bits per heavy atom. The van der Waals surface area contributed by atoms with Gasteiger partial charge in [-0.05, 0) is 55.2 Å². The Bertz CT molecular complexity index is 996. The molecular formula is C24H25FN2O2S. The van der Waals surface area contributed by atoms with E-state index in [1.807, 2.05) is 41.5 Å². The summed E-state index contributed by atoms with van der Waals surface area (Å²) in [5.74, 6) is 0.483. The van der Waals surface area contributed by atoms with Crippen LogP contribution in [-0.4, -0.2) is 21.8 Å². The van der Waals surface area contributed by atoms with Crippen molar-refractivity contribution in [3.05, 3.63) is 81.6 Å². The lowest BCUT2D eigenvalue weighted by Crippen LogP contribution is -2.38. The van der Waals surface area contributed by atoms with Gasteiger partial charge >= 0.3 is 0 Å². The fourth-order valence-corrected chi connectivity index (χ4v) is 4.46. The molecule has 3 aromatic rings. The highest BCUT2D eigenvalue weighted by atomic mass is 32.1. The Labute approximate surface area is 180 Å². The van der Waals surface area contributed by atoms with E-state index in [0.29, 0.717) is 18.8 Å². The van der Waals surface area contributed by atoms with E-state index in [1.165, 1.54) is 23.5 Å². The number of aromatic nitrogens is 1. The molecule has 156 valence electrons. The highest BCUT2D eigenvalue weighted by molar-refractivity contribution is 7.09. The SMILES string of the molecule is Cc1nc(C(=O)N(Cc2cccc(OCc3ccc(F)cc3)c2)C2CCCC2)cs1. The van der Waals surface area contributed by atoms with Crippen molar-refractivity contribution in [1.82, 2.24) is 9.88 Å². The maximum Gasteiger partial charge on any atom is 0.273 e. The monoisotopic (exact) mass is 424 g/mol. The van der Waals surface area contributed by atoms with Crippen molar-refractivity contribution in [2.45, 2.75) is 51.8 Å². The molecule has 0 saturated heterocycles. The molecule has 0 atom stereocenters. The van der Waals surface area contributed by atoms with Crippen LogP contribution in [0.1, 0.15) is 52.3 Å². The molecule has 30 heavy (non-hydrogen) atoms. The molecule has 2 aromatic carbocycles. The second-order valence-corrected chi connectivity index (χ2v) is 8.75. The quantitative estimate of drug-likeness (QED) is 0.485. The number of aryl methyl sites for hydroxylation is 1. The largest absolute Gasteiger partial charge is 0.489 e. The first-order valence-corrected chi connectivity index (χ1v) is 11.2. The van der Waals surface area contributed by atoms with Crippen LogP contribution < -0.4 is 4.74 Å². The van der Waals surface area contributed by atoms with Crippen molar-refractivity contribution in [2.24, 2.45) is 0 Å². The molecule has 1 saturated carbocycles. The van der Waals surface area contributed by atoms with E-state index < -0.39 is 0 Å². The number of hydrogen-bond donors (Lipinski definition) is 0. The lowest BCUT2D eigenvalue weighted by Gasteiger charge is -2.28. The third-order valence-corrected chi connectivity index (χ3v) is 6.21. The van der Waals surface area contributed by atoms with Gasteiger partial charge in [0.15, 0.2) is 0 Å². The fraction of sp³-hybridized carbons (Fsp3) is 0.333. The van der Waals surface area contributed by atoms with Crippen LogP contribution in [0.2, 0.25) is 0 Å². The van der Waals surface area contributed by atoms with E-state index in [0.717, 1.165) is 47.6 Å². The number of amides is 1. The van der Waals surface area contributed by atoms with E-state index in [9.17, 15) is 9.18 Å². The van der Waals surface area contributed by atoms with Crippen LogP contribution in [0, 0.1) is 12.7 Å². The third-order valence-electron chi connectivity index (χ3n) is 5.43. The van der Waals surface area contributed by atoms with Crippen LogP contribution in [0.4, 0.5) is 4.39 Å². The molecule has 4 nitrogen and oxygen atoms in total. The molecule has 0 unspecified atom stereocenters. The van der Waals surface area contributed by atoms with Crippen LogP contribution in [0.25, 0.3) is 0 Å². The van der Waals surface area contributed by atoms with E-state index in [4.69, 9.17) is 4.74 Å². The average molecular weight is 425 g/mol. The molecule has 0 bridgehead atoms. The average Bonchev–Trinajstić information content (AvgIpc) is 3.43. The Hall–Kier alpha value is -2.73. The predicted octanol–water partition coefficient (Wildman–Crippen LogP) is 5.75. The smallest absolute Gasteiger partial charge is 0.273 e. The van der Waals surface area contributed by atoms with Gasteiger partial charge in [0.05, 0.1) is 5.01 Å². The number of ether oxygens (including phenoxy) is 1. The standard InChI is InChI=1S/C24H25FN2O2S/c1-17-26-23(16-30-17)24(28)27(21-6-2-3-7-21)14-19-5-4-8-22(13-19)29-15-18-9-11-20(25)12-10-18/h4-5,8-13,16,21H,2-3,6-7,14-15H2,1H3. The lowest BCUT2D eigenvalue weighted by molar-refractivity contribution is 0.0659. The van der Waals surface area contributed by atoms with Crippen LogP contribution in [-0.2, 0) is 13.2 Å². The van der Waals surface area contributed by atoms with Gasteiger partial charge in [-0.25, -0.2) is 9.37 Å². The Morgan fingerprint density at radius 1 is 1.17 bits per heavy atom. The second-order valence-electron chi connectivity index (χ2n) is 7.69. The van der Waals surface area contributed by atoms with Gasteiger partial charge in [-0.1, -0.05) is 37.1 Å². The van der Waals surface area contributed by atoms with Gasteiger partial charge in [0.2, 0.25) is 0 Å². The molecule has 4 rings (SSSR count). The molecule has 0 spiro atoms. The molecule has 1 aliphatic carbocycles. The van der Waals surface area contributed by atoms with Gasteiger partial charge in [-0.15, -0.1) is 11.3 Å². The Morgan fingerprint density at radius 2 is 1.93 bits per heavy atom. The summed E-state index contributed by atoms with van der Waals surface area (Å²) >= 11 is 1.50. The van der Waals surface area contributed by atoms with Crippen molar-refractivity contribution in [3.63, 3.8) is 0 Å². The van der Waals surface area contributed by atoms with Crippen molar-refractivity contribution in [1.29, 1.82) is 0 Å². The topological polar surface area (TPSA) is 42.4 Å². The number of halogens is 1. The minimum Gasteiger partial charge on any atom is -0.489 e. The van der Waals surface area contributed by atoms with Gasteiger partial charge in [-0.3, -0.25) is 4.79 Å². The number of rotatable bonds is 7. The van der Waals surface area contributed by atoms with Gasteiger partial charge in [-0.2, -0.15) is 0 Å². The number of hydrogen-bond acceptors (Lipinski definition) is 4. The predicted molar refractivity (Wildman–Crippen MR) is 116 cm³/mol. The van der Waals surface area contributed by atoms with Crippen LogP contribution >= 0.6 is 11.3 Å². The van der Waals surface area contributed by atoms with Crippen LogP contribution in [0.15, 0.2) is 53.9 Å². The summed E-state index contributed by atoms with van der Waals surface area (Å²) in [4.78, 5) is 19.6. The lowest BCUT2D eigenvalue weighted by atomic mass is 10.1. The Kier molecular flexibility index (Phi) is 6.43. The van der Waals surface area contributed by atoms with E-state index in [2.05, 4.69) is 4.98 Å². The molecule has 0 aliphatic heterocycles. The molecule has 1 heterocycles. The zero-order chi connectivity index (χ0) is 20.9. The highest BCUT2D eigenvalue weighted by Gasteiger charge is 2.28. The number of nitrogens with zero attached hydrogens (tertiary/aromatic N) is 2. The summed E-state index contributed by atoms with van der Waals surface area (Å²) in [5.41, 5.74) is 2.47. The van der Waals surface area contributed by atoms with Gasteiger partial charge in [0.1, 0.15) is 23.9 Å². The number of thiazole rings is 1. The summed E-state index contributed by atoms with van der Waals surface area (Å²) in [6.45, 7) is 2.82. The van der Waals surface area contributed by atoms with Gasteiger partial charge in [0, 0.05) is 18.0 Å². The first-order valence-electron chi connectivity index (χ1n) is 10.3. The minimum absolute atomic E-state index is 0.00360. The Balaban J connectivity index is 1.47. The number of benzene rings is 2. The minimum atomic E-state index is -0.257. The molecule has 1 amide bonds. The summed E-state index contributed by atoms with van der Waals surface area (Å²) in [6, 6.07) is 14.4. The summed E-state index contributed by atoms with van der Waals surface area (Å²) in [5, 5.41) is 2.75. The summed E-state index contributed by atoms with van der Waals surface area (Å²) in [6.07, 6.45) is 4.39. The number of carbonyl (C=O) groups excluding carboxylic acids is 1. The second kappa shape index (κ2) is 9.39. The molecule has 6 heteroatoms. The van der Waals surface area contributed by atoms with Crippen molar-refractivity contribution >= 4 is 17.2 Å². The summed E-state index contributed by atoms with van der Waals surface area (Å²) < 4.78 is 19.0. The maximum atomic E-state index is 13.2. The van der Waals surface area contributed by atoms with Crippen molar-refractivity contribution in [2.75, 3.05) is 0 Å². The normalized spacial score (nSPS) is 14.1. The van der Waals surface area contributed by atoms with E-state index >= 15 is 0 Å². The van der Waals surface area contributed by atoms with Crippen LogP contribution in [0.5, 0.6) is 5.75 Å². The summed E-state index contributed by atoms with van der Waals surface area (Å²) in [7, 11) is 0. The zero-order valence-corrected chi connectivity index (χ0v) is 17.8. The van der Waals surface area contributed by atoms with Gasteiger partial charge in [0.25, 0.3) is 5.91 Å². The zero-order valence-electron chi connectivity index (χ0n) is 17.0. The van der Waals surface area contributed by atoms with Crippen LogP contribution in [0.3, 0.4) is 0 Å². The molecule has 1 fully saturated rings. The molecular weight excluding hydrogens is 399 g/mol. The van der Waals surface area contributed by atoms with Crippen molar-refractivity contribution in [3.8, 4) is 5.75 Å². The fourth-order valence-electron chi connectivity index (χ4n) is 3.87. The van der Waals surface area contributed by atoms with Crippen molar-refractivity contribution < 1.29 is 13.9 Å². The highest BCUT2D eigenvalue weighted by Crippen LogP contribution is 2.28. The molecule has 0 N–H and O–H groups in total. The third kappa shape index (κ3) is 5.05. The first kappa shape index (κ1) is 20.5. The molecule has 1 aliphatic rings.